The second-order valence-corrected chi connectivity index (χ2v) is 6.84. The van der Waals surface area contributed by atoms with Crippen LogP contribution in [0.1, 0.15) is 20.9 Å². The fourth-order valence-corrected chi connectivity index (χ4v) is 3.84. The molecule has 0 aliphatic heterocycles. The summed E-state index contributed by atoms with van der Waals surface area (Å²) in [7, 11) is 0. The standard InChI is InChI=1S/C20H14N4OS/c1-13-17-11-18(19(25)22-15-7-5-6-14(10-15)12-21)26-20(17)24(23-13)16-8-3-2-4-9-16/h2-11H,1H3,(H,22,25). The lowest BCUT2D eigenvalue weighted by Gasteiger charge is -2.04. The highest BCUT2D eigenvalue weighted by Gasteiger charge is 2.17. The predicted molar refractivity (Wildman–Crippen MR) is 103 cm³/mol. The summed E-state index contributed by atoms with van der Waals surface area (Å²) in [6.07, 6.45) is 0. The Morgan fingerprint density at radius 3 is 2.73 bits per heavy atom. The number of rotatable bonds is 3. The zero-order valence-electron chi connectivity index (χ0n) is 13.9. The van der Waals surface area contributed by atoms with Gasteiger partial charge in [0.1, 0.15) is 4.83 Å². The summed E-state index contributed by atoms with van der Waals surface area (Å²) in [4.78, 5) is 14.2. The molecule has 2 aromatic carbocycles. The molecule has 0 unspecified atom stereocenters. The van der Waals surface area contributed by atoms with Gasteiger partial charge in [0.25, 0.3) is 5.91 Å². The van der Waals surface area contributed by atoms with Gasteiger partial charge in [-0.2, -0.15) is 10.4 Å². The molecule has 1 N–H and O–H groups in total. The Labute approximate surface area is 154 Å². The van der Waals surface area contributed by atoms with Crippen LogP contribution in [0, 0.1) is 18.3 Å². The summed E-state index contributed by atoms with van der Waals surface area (Å²) >= 11 is 1.40. The van der Waals surface area contributed by atoms with Gasteiger partial charge in [-0.25, -0.2) is 4.68 Å². The third-order valence-electron chi connectivity index (χ3n) is 4.02. The molecule has 2 heterocycles. The molecule has 0 spiro atoms. The fraction of sp³-hybridized carbons (Fsp3) is 0.0500. The lowest BCUT2D eigenvalue weighted by molar-refractivity contribution is 0.103. The molecule has 0 aliphatic rings. The summed E-state index contributed by atoms with van der Waals surface area (Å²) in [5.74, 6) is -0.194. The van der Waals surface area contributed by atoms with Gasteiger partial charge in [-0.3, -0.25) is 4.79 Å². The SMILES string of the molecule is Cc1nn(-c2ccccc2)c2sc(C(=O)Nc3cccc(C#N)c3)cc12. The summed E-state index contributed by atoms with van der Waals surface area (Å²) in [5, 5.41) is 17.4. The molecule has 0 fully saturated rings. The molecule has 0 bridgehead atoms. The van der Waals surface area contributed by atoms with E-state index in [-0.39, 0.29) is 5.91 Å². The molecule has 0 radical (unpaired) electrons. The molecule has 1 amide bonds. The van der Waals surface area contributed by atoms with Crippen LogP contribution in [0.15, 0.2) is 60.7 Å². The van der Waals surface area contributed by atoms with Crippen LogP contribution in [0.3, 0.4) is 0 Å². The van der Waals surface area contributed by atoms with Crippen molar-refractivity contribution in [3.63, 3.8) is 0 Å². The summed E-state index contributed by atoms with van der Waals surface area (Å²) in [5.41, 5.74) is 2.95. The topological polar surface area (TPSA) is 70.7 Å². The van der Waals surface area contributed by atoms with Gasteiger partial charge in [-0.1, -0.05) is 24.3 Å². The van der Waals surface area contributed by atoms with Gasteiger partial charge >= 0.3 is 0 Å². The number of thiophene rings is 1. The molecular weight excluding hydrogens is 344 g/mol. The van der Waals surface area contributed by atoms with E-state index in [4.69, 9.17) is 5.26 Å². The van der Waals surface area contributed by atoms with Gasteiger partial charge in [0.2, 0.25) is 0 Å². The Balaban J connectivity index is 1.69. The van der Waals surface area contributed by atoms with Gasteiger partial charge in [-0.15, -0.1) is 11.3 Å². The molecule has 2 aromatic heterocycles. The van der Waals surface area contributed by atoms with E-state index in [9.17, 15) is 4.79 Å². The fourth-order valence-electron chi connectivity index (χ4n) is 2.76. The summed E-state index contributed by atoms with van der Waals surface area (Å²) < 4.78 is 1.86. The lowest BCUT2D eigenvalue weighted by Crippen LogP contribution is -2.10. The second-order valence-electron chi connectivity index (χ2n) is 5.81. The van der Waals surface area contributed by atoms with Gasteiger partial charge < -0.3 is 5.32 Å². The molecule has 126 valence electrons. The maximum absolute atomic E-state index is 12.6. The highest BCUT2D eigenvalue weighted by atomic mass is 32.1. The van der Waals surface area contributed by atoms with E-state index in [1.54, 1.807) is 24.3 Å². The van der Waals surface area contributed by atoms with Gasteiger partial charge in [0, 0.05) is 11.1 Å². The minimum absolute atomic E-state index is 0.194. The Morgan fingerprint density at radius 1 is 1.15 bits per heavy atom. The average molecular weight is 358 g/mol. The highest BCUT2D eigenvalue weighted by molar-refractivity contribution is 7.20. The van der Waals surface area contributed by atoms with Crippen molar-refractivity contribution in [2.45, 2.75) is 6.92 Å². The van der Waals surface area contributed by atoms with Crippen LogP contribution in [0.25, 0.3) is 15.9 Å². The Bertz CT molecular complexity index is 1150. The van der Waals surface area contributed by atoms with Crippen molar-refractivity contribution < 1.29 is 4.79 Å². The van der Waals surface area contributed by atoms with Crippen molar-refractivity contribution in [1.82, 2.24) is 9.78 Å². The number of hydrogen-bond acceptors (Lipinski definition) is 4. The Morgan fingerprint density at radius 2 is 1.96 bits per heavy atom. The molecule has 4 rings (SSSR count). The number of aromatic nitrogens is 2. The van der Waals surface area contributed by atoms with Crippen molar-refractivity contribution in [2.24, 2.45) is 0 Å². The van der Waals surface area contributed by atoms with E-state index in [2.05, 4.69) is 16.5 Å². The number of anilines is 1. The zero-order chi connectivity index (χ0) is 18.1. The van der Waals surface area contributed by atoms with Crippen molar-refractivity contribution in [2.75, 3.05) is 5.32 Å². The molecule has 5 nitrogen and oxygen atoms in total. The number of hydrogen-bond donors (Lipinski definition) is 1. The van der Waals surface area contributed by atoms with E-state index in [0.29, 0.717) is 16.1 Å². The van der Waals surface area contributed by atoms with Crippen molar-refractivity contribution in [1.29, 1.82) is 5.26 Å². The normalized spacial score (nSPS) is 10.6. The molecular formula is C20H14N4OS. The molecule has 26 heavy (non-hydrogen) atoms. The average Bonchev–Trinajstić information content (AvgIpc) is 3.23. The molecule has 4 aromatic rings. The number of nitrogens with zero attached hydrogens (tertiary/aromatic N) is 3. The largest absolute Gasteiger partial charge is 0.321 e. The zero-order valence-corrected chi connectivity index (χ0v) is 14.7. The Hall–Kier alpha value is -3.43. The number of benzene rings is 2. The predicted octanol–water partition coefficient (Wildman–Crippen LogP) is 4.52. The van der Waals surface area contributed by atoms with E-state index < -0.39 is 0 Å². The molecule has 0 saturated heterocycles. The number of para-hydroxylation sites is 1. The van der Waals surface area contributed by atoms with Crippen molar-refractivity contribution >= 4 is 33.1 Å². The van der Waals surface area contributed by atoms with Crippen LogP contribution in [-0.4, -0.2) is 15.7 Å². The Kier molecular flexibility index (Phi) is 3.99. The van der Waals surface area contributed by atoms with Crippen molar-refractivity contribution in [3.05, 3.63) is 76.8 Å². The summed E-state index contributed by atoms with van der Waals surface area (Å²) in [6.45, 7) is 1.94. The van der Waals surface area contributed by atoms with Crippen LogP contribution in [0.2, 0.25) is 0 Å². The number of fused-ring (bicyclic) bond motifs is 1. The van der Waals surface area contributed by atoms with Crippen LogP contribution in [-0.2, 0) is 0 Å². The number of nitrogens with one attached hydrogen (secondary N) is 1. The number of carbonyl (C=O) groups excluding carboxylic acids is 1. The number of aryl methyl sites for hydroxylation is 1. The number of carbonyl (C=O) groups is 1. The van der Waals surface area contributed by atoms with Crippen molar-refractivity contribution in [3.8, 4) is 11.8 Å². The molecule has 0 aliphatic carbocycles. The first-order valence-electron chi connectivity index (χ1n) is 8.02. The van der Waals surface area contributed by atoms with Crippen LogP contribution >= 0.6 is 11.3 Å². The quantitative estimate of drug-likeness (QED) is 0.585. The van der Waals surface area contributed by atoms with Gasteiger partial charge in [0.15, 0.2) is 0 Å². The minimum atomic E-state index is -0.194. The third-order valence-corrected chi connectivity index (χ3v) is 5.13. The maximum Gasteiger partial charge on any atom is 0.265 e. The minimum Gasteiger partial charge on any atom is -0.321 e. The van der Waals surface area contributed by atoms with Gasteiger partial charge in [0.05, 0.1) is 27.9 Å². The van der Waals surface area contributed by atoms with Crippen LogP contribution in [0.5, 0.6) is 0 Å². The monoisotopic (exact) mass is 358 g/mol. The number of nitriles is 1. The lowest BCUT2D eigenvalue weighted by atomic mass is 10.2. The van der Waals surface area contributed by atoms with Crippen LogP contribution in [0.4, 0.5) is 5.69 Å². The van der Waals surface area contributed by atoms with E-state index in [1.165, 1.54) is 11.3 Å². The summed E-state index contributed by atoms with van der Waals surface area (Å²) in [6, 6.07) is 20.7. The highest BCUT2D eigenvalue weighted by Crippen LogP contribution is 2.30. The van der Waals surface area contributed by atoms with E-state index in [1.807, 2.05) is 48.0 Å². The van der Waals surface area contributed by atoms with Gasteiger partial charge in [-0.05, 0) is 43.3 Å². The molecule has 6 heteroatoms. The molecule has 0 atom stereocenters. The number of amides is 1. The first-order chi connectivity index (χ1) is 12.7. The first kappa shape index (κ1) is 16.1. The van der Waals surface area contributed by atoms with E-state index >= 15 is 0 Å². The first-order valence-corrected chi connectivity index (χ1v) is 8.83. The maximum atomic E-state index is 12.6. The molecule has 0 saturated carbocycles. The smallest absolute Gasteiger partial charge is 0.265 e. The van der Waals surface area contributed by atoms with Crippen LogP contribution < -0.4 is 5.32 Å². The second kappa shape index (κ2) is 6.47. The van der Waals surface area contributed by atoms with E-state index in [0.717, 1.165) is 21.6 Å². The third kappa shape index (κ3) is 2.85.